The fraction of sp³-hybridized carbons (Fsp3) is 0.125. The maximum absolute atomic E-state index is 11.5. The highest BCUT2D eigenvalue weighted by atomic mass is 79.9. The van der Waals surface area contributed by atoms with Crippen molar-refractivity contribution in [3.8, 4) is 0 Å². The Labute approximate surface area is 100 Å². The molecule has 1 aromatic rings. The Kier molecular flexibility index (Phi) is 2.28. The first kappa shape index (κ1) is 9.68. The Morgan fingerprint density at radius 1 is 1.31 bits per heavy atom. The van der Waals surface area contributed by atoms with Gasteiger partial charge in [-0.2, -0.15) is 0 Å². The summed E-state index contributed by atoms with van der Waals surface area (Å²) in [6, 6.07) is 5.67. The Bertz CT molecular complexity index is 389. The third kappa shape index (κ3) is 1.37. The van der Waals surface area contributed by atoms with Crippen LogP contribution in [-0.4, -0.2) is 5.91 Å². The lowest BCUT2D eigenvalue weighted by molar-refractivity contribution is -0.115. The highest BCUT2D eigenvalue weighted by Crippen LogP contribution is 2.49. The van der Waals surface area contributed by atoms with Crippen LogP contribution >= 0.6 is 47.8 Å². The number of hydrogen-bond donors (Lipinski definition) is 1. The van der Waals surface area contributed by atoms with E-state index in [1.807, 2.05) is 18.2 Å². The first-order valence-corrected chi connectivity index (χ1v) is 5.89. The number of benzene rings is 1. The van der Waals surface area contributed by atoms with Crippen molar-refractivity contribution in [2.45, 2.75) is 3.23 Å². The number of hydrogen-bond acceptors (Lipinski definition) is 1. The third-order valence-electron chi connectivity index (χ3n) is 1.88. The van der Waals surface area contributed by atoms with Gasteiger partial charge in [-0.25, -0.2) is 0 Å². The molecule has 13 heavy (non-hydrogen) atoms. The van der Waals surface area contributed by atoms with Crippen molar-refractivity contribution in [3.05, 3.63) is 28.2 Å². The van der Waals surface area contributed by atoms with Crippen molar-refractivity contribution in [3.63, 3.8) is 0 Å². The largest absolute Gasteiger partial charge is 0.322 e. The van der Waals surface area contributed by atoms with Crippen LogP contribution in [0.25, 0.3) is 0 Å². The molecular formula is C8H4Br3NO. The van der Waals surface area contributed by atoms with Crippen molar-refractivity contribution in [2.75, 3.05) is 5.32 Å². The number of para-hydroxylation sites is 1. The van der Waals surface area contributed by atoms with Crippen LogP contribution in [0.4, 0.5) is 5.69 Å². The van der Waals surface area contributed by atoms with E-state index in [9.17, 15) is 4.79 Å². The number of fused-ring (bicyclic) bond motifs is 1. The van der Waals surface area contributed by atoms with Crippen LogP contribution in [-0.2, 0) is 8.03 Å². The zero-order valence-electron chi connectivity index (χ0n) is 6.27. The summed E-state index contributed by atoms with van der Waals surface area (Å²) in [6.07, 6.45) is 0. The number of halogens is 3. The molecule has 0 radical (unpaired) electrons. The van der Waals surface area contributed by atoms with Gasteiger partial charge in [-0.05, 0) is 22.0 Å². The van der Waals surface area contributed by atoms with E-state index in [0.29, 0.717) is 0 Å². The molecule has 1 heterocycles. The summed E-state index contributed by atoms with van der Waals surface area (Å²) in [7, 11) is 0. The zero-order chi connectivity index (χ0) is 9.64. The molecule has 2 rings (SSSR count). The first-order chi connectivity index (χ1) is 6.03. The SMILES string of the molecule is O=C1Nc2c(Br)cccc2C1(Br)Br. The fourth-order valence-electron chi connectivity index (χ4n) is 1.23. The van der Waals surface area contributed by atoms with Gasteiger partial charge < -0.3 is 5.32 Å². The van der Waals surface area contributed by atoms with Crippen LogP contribution in [0.3, 0.4) is 0 Å². The predicted octanol–water partition coefficient (Wildman–Crippen LogP) is 3.34. The lowest BCUT2D eigenvalue weighted by Gasteiger charge is -2.09. The van der Waals surface area contributed by atoms with Gasteiger partial charge in [-0.3, -0.25) is 4.79 Å². The van der Waals surface area contributed by atoms with E-state index >= 15 is 0 Å². The van der Waals surface area contributed by atoms with Crippen LogP contribution in [0, 0.1) is 0 Å². The highest BCUT2D eigenvalue weighted by molar-refractivity contribution is 9.25. The van der Waals surface area contributed by atoms with Crippen LogP contribution in [0.2, 0.25) is 0 Å². The standard InChI is InChI=1S/C8H4Br3NO/c9-5-3-1-2-4-6(5)12-7(13)8(4,10)11/h1-3H,(H,12,13). The van der Waals surface area contributed by atoms with E-state index in [2.05, 4.69) is 53.1 Å². The quantitative estimate of drug-likeness (QED) is 0.698. The number of nitrogens with one attached hydrogen (secondary N) is 1. The summed E-state index contributed by atoms with van der Waals surface area (Å²) in [4.78, 5) is 11.5. The molecule has 2 nitrogen and oxygen atoms in total. The van der Waals surface area contributed by atoms with E-state index in [4.69, 9.17) is 0 Å². The van der Waals surface area contributed by atoms with E-state index in [1.165, 1.54) is 0 Å². The molecule has 0 saturated carbocycles. The highest BCUT2D eigenvalue weighted by Gasteiger charge is 2.43. The van der Waals surface area contributed by atoms with Gasteiger partial charge in [0.25, 0.3) is 5.91 Å². The maximum atomic E-state index is 11.5. The molecule has 0 fully saturated rings. The molecule has 0 bridgehead atoms. The summed E-state index contributed by atoms with van der Waals surface area (Å²) < 4.78 is 0.109. The minimum Gasteiger partial charge on any atom is -0.322 e. The van der Waals surface area contributed by atoms with Crippen molar-refractivity contribution >= 4 is 59.4 Å². The average Bonchev–Trinajstić information content (AvgIpc) is 2.28. The van der Waals surface area contributed by atoms with Crippen LogP contribution in [0.15, 0.2) is 22.7 Å². The minimum atomic E-state index is -0.779. The number of alkyl halides is 2. The number of anilines is 1. The smallest absolute Gasteiger partial charge is 0.256 e. The van der Waals surface area contributed by atoms with Gasteiger partial charge in [0.15, 0.2) is 3.23 Å². The molecule has 68 valence electrons. The Balaban J connectivity index is 2.68. The van der Waals surface area contributed by atoms with Gasteiger partial charge in [0, 0.05) is 10.0 Å². The van der Waals surface area contributed by atoms with Gasteiger partial charge in [0.1, 0.15) is 0 Å². The van der Waals surface area contributed by atoms with Crippen molar-refractivity contribution in [1.82, 2.24) is 0 Å². The monoisotopic (exact) mass is 367 g/mol. The van der Waals surface area contributed by atoms with Gasteiger partial charge in [-0.15, -0.1) is 0 Å². The molecule has 0 spiro atoms. The molecule has 1 aliphatic rings. The number of carbonyl (C=O) groups excluding carboxylic acids is 1. The van der Waals surface area contributed by atoms with E-state index in [0.717, 1.165) is 15.7 Å². The fourth-order valence-corrected chi connectivity index (χ4v) is 2.55. The summed E-state index contributed by atoms with van der Waals surface area (Å²) in [5, 5.41) is 2.78. The average molecular weight is 370 g/mol. The van der Waals surface area contributed by atoms with Gasteiger partial charge >= 0.3 is 0 Å². The normalized spacial score (nSPS) is 18.2. The van der Waals surface area contributed by atoms with Crippen LogP contribution in [0.5, 0.6) is 0 Å². The Morgan fingerprint density at radius 3 is 2.62 bits per heavy atom. The van der Waals surface area contributed by atoms with Crippen molar-refractivity contribution in [1.29, 1.82) is 0 Å². The molecule has 0 saturated heterocycles. The third-order valence-corrected chi connectivity index (χ3v) is 4.11. The molecule has 5 heteroatoms. The maximum Gasteiger partial charge on any atom is 0.256 e. The number of amides is 1. The van der Waals surface area contributed by atoms with Crippen LogP contribution < -0.4 is 5.32 Å². The summed E-state index contributed by atoms with van der Waals surface area (Å²) in [5.41, 5.74) is 1.72. The molecular weight excluding hydrogens is 366 g/mol. The number of carbonyl (C=O) groups is 1. The van der Waals surface area contributed by atoms with Gasteiger partial charge in [-0.1, -0.05) is 44.0 Å². The minimum absolute atomic E-state index is 0.102. The Morgan fingerprint density at radius 2 is 2.00 bits per heavy atom. The summed E-state index contributed by atoms with van der Waals surface area (Å²) in [5.74, 6) is -0.102. The topological polar surface area (TPSA) is 29.1 Å². The van der Waals surface area contributed by atoms with Crippen LogP contribution in [0.1, 0.15) is 5.56 Å². The molecule has 1 aromatic carbocycles. The molecule has 1 amide bonds. The molecule has 0 atom stereocenters. The van der Waals surface area contributed by atoms with Gasteiger partial charge in [0.05, 0.1) is 5.69 Å². The van der Waals surface area contributed by atoms with E-state index < -0.39 is 3.23 Å². The van der Waals surface area contributed by atoms with E-state index in [1.54, 1.807) is 0 Å². The lowest BCUT2D eigenvalue weighted by Crippen LogP contribution is -2.20. The molecule has 0 aromatic heterocycles. The second-order valence-electron chi connectivity index (χ2n) is 2.69. The molecule has 1 aliphatic heterocycles. The van der Waals surface area contributed by atoms with Gasteiger partial charge in [0.2, 0.25) is 0 Å². The predicted molar refractivity (Wildman–Crippen MR) is 62.3 cm³/mol. The summed E-state index contributed by atoms with van der Waals surface area (Å²) in [6.45, 7) is 0. The second-order valence-corrected chi connectivity index (χ2v) is 6.99. The second kappa shape index (κ2) is 3.07. The van der Waals surface area contributed by atoms with Crippen molar-refractivity contribution in [2.24, 2.45) is 0 Å². The number of rotatable bonds is 0. The van der Waals surface area contributed by atoms with E-state index in [-0.39, 0.29) is 5.91 Å². The first-order valence-electron chi connectivity index (χ1n) is 3.52. The zero-order valence-corrected chi connectivity index (χ0v) is 11.0. The van der Waals surface area contributed by atoms with Crippen molar-refractivity contribution < 1.29 is 4.79 Å². The molecule has 1 N–H and O–H groups in total. The Hall–Kier alpha value is 0.130. The molecule has 0 unspecified atom stereocenters. The lowest BCUT2D eigenvalue weighted by atomic mass is 10.2. The summed E-state index contributed by atoms with van der Waals surface area (Å²) >= 11 is 10.0. The molecule has 0 aliphatic carbocycles.